The zero-order chi connectivity index (χ0) is 16.2. The fraction of sp³-hybridized carbons (Fsp3) is 0.632. The quantitative estimate of drug-likeness (QED) is 0.791. The highest BCUT2D eigenvalue weighted by atomic mass is 16.5. The molecule has 2 N–H and O–H groups in total. The lowest BCUT2D eigenvalue weighted by Gasteiger charge is -2.29. The molecule has 1 aromatic rings. The Morgan fingerprint density at radius 2 is 2.00 bits per heavy atom. The Morgan fingerprint density at radius 1 is 1.22 bits per heavy atom. The summed E-state index contributed by atoms with van der Waals surface area (Å²) in [6.45, 7) is 0. The van der Waals surface area contributed by atoms with Crippen LogP contribution in [0.15, 0.2) is 30.3 Å². The maximum Gasteiger partial charge on any atom is 0.306 e. The number of carbonyl (C=O) groups excluding carboxylic acids is 1. The van der Waals surface area contributed by atoms with E-state index in [1.165, 1.54) is 5.56 Å². The molecule has 3 rings (SSSR count). The Hall–Kier alpha value is -1.39. The molecule has 5 atom stereocenters. The number of hydrogen-bond donors (Lipinski definition) is 2. The van der Waals surface area contributed by atoms with Crippen molar-refractivity contribution in [3.05, 3.63) is 35.9 Å². The maximum atomic E-state index is 11.4. The van der Waals surface area contributed by atoms with Crippen LogP contribution in [-0.4, -0.2) is 34.5 Å². The minimum atomic E-state index is -0.405. The van der Waals surface area contributed by atoms with Gasteiger partial charge in [-0.3, -0.25) is 4.79 Å². The zero-order valence-electron chi connectivity index (χ0n) is 13.4. The Morgan fingerprint density at radius 3 is 2.78 bits per heavy atom. The maximum absolute atomic E-state index is 11.4. The van der Waals surface area contributed by atoms with E-state index in [0.29, 0.717) is 19.3 Å². The molecule has 126 valence electrons. The van der Waals surface area contributed by atoms with Gasteiger partial charge in [0.15, 0.2) is 0 Å². The van der Waals surface area contributed by atoms with Crippen molar-refractivity contribution in [2.24, 2.45) is 11.8 Å². The van der Waals surface area contributed by atoms with Crippen molar-refractivity contribution in [2.45, 2.75) is 63.3 Å². The lowest BCUT2D eigenvalue weighted by molar-refractivity contribution is -0.157. The first kappa shape index (κ1) is 16.5. The zero-order valence-corrected chi connectivity index (χ0v) is 13.4. The third-order valence-corrected chi connectivity index (χ3v) is 5.40. The summed E-state index contributed by atoms with van der Waals surface area (Å²) in [4.78, 5) is 11.4. The minimum absolute atomic E-state index is 0.113. The van der Waals surface area contributed by atoms with E-state index >= 15 is 0 Å². The van der Waals surface area contributed by atoms with Gasteiger partial charge in [-0.25, -0.2) is 0 Å². The van der Waals surface area contributed by atoms with Crippen molar-refractivity contribution < 1.29 is 19.7 Å². The second-order valence-corrected chi connectivity index (χ2v) is 6.95. The van der Waals surface area contributed by atoms with Crippen molar-refractivity contribution >= 4 is 5.97 Å². The van der Waals surface area contributed by atoms with Gasteiger partial charge in [0.1, 0.15) is 6.10 Å². The molecule has 4 nitrogen and oxygen atoms in total. The highest BCUT2D eigenvalue weighted by Gasteiger charge is 2.46. The summed E-state index contributed by atoms with van der Waals surface area (Å²) < 4.78 is 5.36. The van der Waals surface area contributed by atoms with Crippen LogP contribution in [0.3, 0.4) is 0 Å². The first-order valence-electron chi connectivity index (χ1n) is 8.73. The molecule has 1 heterocycles. The van der Waals surface area contributed by atoms with Gasteiger partial charge in [-0.1, -0.05) is 30.3 Å². The van der Waals surface area contributed by atoms with Gasteiger partial charge in [-0.15, -0.1) is 0 Å². The van der Waals surface area contributed by atoms with E-state index in [-0.39, 0.29) is 30.0 Å². The number of fused-ring (bicyclic) bond motifs is 1. The standard InChI is InChI=1S/C19H26O4/c20-14(7-6-13-4-2-1-3-5-13)8-9-15-16-10-11-19(22)23-18(16)12-17(15)21/h1-5,14-18,20-21H,6-12H2/t14-,15+,16+,17+,18-/m0/s1. The Bertz CT molecular complexity index is 515. The molecule has 0 bridgehead atoms. The molecule has 0 amide bonds. The molecular formula is C19H26O4. The molecule has 1 aliphatic carbocycles. The van der Waals surface area contributed by atoms with Crippen LogP contribution in [0.2, 0.25) is 0 Å². The second-order valence-electron chi connectivity index (χ2n) is 6.95. The SMILES string of the molecule is O=C1CC[C@@H]2[C@@H](CC[C@@H](O)CCc3ccccc3)[C@H](O)C[C@@H]2O1. The minimum Gasteiger partial charge on any atom is -0.462 e. The fourth-order valence-electron chi connectivity index (χ4n) is 4.11. The van der Waals surface area contributed by atoms with Gasteiger partial charge in [0.2, 0.25) is 0 Å². The lowest BCUT2D eigenvalue weighted by atomic mass is 9.84. The summed E-state index contributed by atoms with van der Waals surface area (Å²) in [6.07, 6.45) is 4.09. The van der Waals surface area contributed by atoms with Crippen molar-refractivity contribution in [2.75, 3.05) is 0 Å². The first-order valence-corrected chi connectivity index (χ1v) is 8.73. The Kier molecular flexibility index (Phi) is 5.34. The summed E-state index contributed by atoms with van der Waals surface area (Å²) in [5, 5.41) is 20.5. The number of aryl methyl sites for hydroxylation is 1. The van der Waals surface area contributed by atoms with Crippen LogP contribution in [0.25, 0.3) is 0 Å². The molecule has 0 radical (unpaired) electrons. The largest absolute Gasteiger partial charge is 0.462 e. The van der Waals surface area contributed by atoms with Crippen molar-refractivity contribution in [3.63, 3.8) is 0 Å². The number of carbonyl (C=O) groups is 1. The van der Waals surface area contributed by atoms with Crippen LogP contribution in [0.5, 0.6) is 0 Å². The smallest absolute Gasteiger partial charge is 0.306 e. The molecule has 1 aromatic carbocycles. The first-order chi connectivity index (χ1) is 11.1. The molecule has 23 heavy (non-hydrogen) atoms. The van der Waals surface area contributed by atoms with Crippen LogP contribution in [0, 0.1) is 11.8 Å². The summed E-state index contributed by atoms with van der Waals surface area (Å²) in [5.41, 5.74) is 1.24. The number of aliphatic hydroxyl groups excluding tert-OH is 2. The van der Waals surface area contributed by atoms with Crippen LogP contribution < -0.4 is 0 Å². The summed E-state index contributed by atoms with van der Waals surface area (Å²) >= 11 is 0. The topological polar surface area (TPSA) is 66.8 Å². The van der Waals surface area contributed by atoms with Gasteiger partial charge in [0, 0.05) is 18.8 Å². The third-order valence-electron chi connectivity index (χ3n) is 5.40. The number of rotatable bonds is 6. The normalized spacial score (nSPS) is 31.5. The van der Waals surface area contributed by atoms with Crippen LogP contribution in [-0.2, 0) is 16.0 Å². The third kappa shape index (κ3) is 4.12. The molecule has 4 heteroatoms. The van der Waals surface area contributed by atoms with Gasteiger partial charge < -0.3 is 14.9 Å². The average molecular weight is 318 g/mol. The number of aliphatic hydroxyl groups is 2. The highest BCUT2D eigenvalue weighted by Crippen LogP contribution is 2.42. The Balaban J connectivity index is 1.45. The molecule has 1 saturated heterocycles. The van der Waals surface area contributed by atoms with Gasteiger partial charge >= 0.3 is 5.97 Å². The van der Waals surface area contributed by atoms with Crippen molar-refractivity contribution in [3.8, 4) is 0 Å². The average Bonchev–Trinajstić information content (AvgIpc) is 2.86. The highest BCUT2D eigenvalue weighted by molar-refractivity contribution is 5.70. The Labute approximate surface area is 137 Å². The fourth-order valence-corrected chi connectivity index (χ4v) is 4.11. The van der Waals surface area contributed by atoms with Gasteiger partial charge in [0.05, 0.1) is 12.2 Å². The van der Waals surface area contributed by atoms with E-state index in [1.54, 1.807) is 0 Å². The molecule has 0 aromatic heterocycles. The molecule has 1 aliphatic heterocycles. The number of esters is 1. The van der Waals surface area contributed by atoms with Gasteiger partial charge in [-0.05, 0) is 43.6 Å². The van der Waals surface area contributed by atoms with Crippen LogP contribution in [0.4, 0.5) is 0 Å². The molecule has 0 unspecified atom stereocenters. The second kappa shape index (κ2) is 7.45. The number of ether oxygens (including phenoxy) is 1. The number of hydrogen-bond acceptors (Lipinski definition) is 4. The predicted molar refractivity (Wildman–Crippen MR) is 86.7 cm³/mol. The molecule has 2 aliphatic rings. The summed E-state index contributed by atoms with van der Waals surface area (Å²) in [5.74, 6) is 0.283. The summed E-state index contributed by atoms with van der Waals surface area (Å²) in [7, 11) is 0. The monoisotopic (exact) mass is 318 g/mol. The molecule has 1 saturated carbocycles. The molecule has 0 spiro atoms. The number of benzene rings is 1. The van der Waals surface area contributed by atoms with E-state index in [9.17, 15) is 15.0 Å². The van der Waals surface area contributed by atoms with E-state index < -0.39 is 6.10 Å². The van der Waals surface area contributed by atoms with E-state index in [4.69, 9.17) is 4.74 Å². The van der Waals surface area contributed by atoms with E-state index in [1.807, 2.05) is 18.2 Å². The van der Waals surface area contributed by atoms with Gasteiger partial charge in [0.25, 0.3) is 0 Å². The van der Waals surface area contributed by atoms with Gasteiger partial charge in [-0.2, -0.15) is 0 Å². The molecular weight excluding hydrogens is 292 g/mol. The predicted octanol–water partition coefficient (Wildman–Crippen LogP) is 2.46. The van der Waals surface area contributed by atoms with E-state index in [2.05, 4.69) is 12.1 Å². The van der Waals surface area contributed by atoms with Crippen LogP contribution >= 0.6 is 0 Å². The summed E-state index contributed by atoms with van der Waals surface area (Å²) in [6, 6.07) is 10.2. The molecule has 2 fully saturated rings. The lowest BCUT2D eigenvalue weighted by Crippen LogP contribution is -2.31. The van der Waals surface area contributed by atoms with Crippen molar-refractivity contribution in [1.29, 1.82) is 0 Å². The van der Waals surface area contributed by atoms with E-state index in [0.717, 1.165) is 25.7 Å². The van der Waals surface area contributed by atoms with Crippen molar-refractivity contribution in [1.82, 2.24) is 0 Å². The van der Waals surface area contributed by atoms with Crippen LogP contribution in [0.1, 0.15) is 44.1 Å².